The summed E-state index contributed by atoms with van der Waals surface area (Å²) in [7, 11) is 1.39. The van der Waals surface area contributed by atoms with Crippen molar-refractivity contribution in [2.24, 2.45) is 0 Å². The highest BCUT2D eigenvalue weighted by Crippen LogP contribution is 2.23. The smallest absolute Gasteiger partial charge is 0.337 e. The van der Waals surface area contributed by atoms with E-state index in [1.165, 1.54) is 32.8 Å². The first-order chi connectivity index (χ1) is 11.7. The standard InChI is InChI=1S/C21H26O3/c1-3-4-5-6-7-16-24-20-14-12-18(13-15-20)17-8-10-19(11-9-17)21(22)23-2/h8-15H,3-7,16H2,1-2H3. The van der Waals surface area contributed by atoms with Crippen LogP contribution in [0.15, 0.2) is 48.5 Å². The molecule has 0 aliphatic heterocycles. The van der Waals surface area contributed by atoms with Gasteiger partial charge in [0, 0.05) is 0 Å². The summed E-state index contributed by atoms with van der Waals surface area (Å²) in [5, 5.41) is 0. The van der Waals surface area contributed by atoms with Gasteiger partial charge in [0.1, 0.15) is 5.75 Å². The number of hydrogen-bond donors (Lipinski definition) is 0. The van der Waals surface area contributed by atoms with Crippen molar-refractivity contribution < 1.29 is 14.3 Å². The van der Waals surface area contributed by atoms with Crippen LogP contribution in [0.2, 0.25) is 0 Å². The zero-order chi connectivity index (χ0) is 17.2. The van der Waals surface area contributed by atoms with Crippen LogP contribution in [0.4, 0.5) is 0 Å². The van der Waals surface area contributed by atoms with Gasteiger partial charge in [-0.1, -0.05) is 56.9 Å². The van der Waals surface area contributed by atoms with Crippen molar-refractivity contribution in [2.75, 3.05) is 13.7 Å². The van der Waals surface area contributed by atoms with Gasteiger partial charge in [-0.15, -0.1) is 0 Å². The topological polar surface area (TPSA) is 35.5 Å². The molecule has 2 rings (SSSR count). The number of unbranched alkanes of at least 4 members (excludes halogenated alkanes) is 4. The molecule has 2 aromatic rings. The summed E-state index contributed by atoms with van der Waals surface area (Å²) in [6, 6.07) is 15.5. The molecule has 0 heterocycles. The molecule has 0 atom stereocenters. The van der Waals surface area contributed by atoms with E-state index in [0.717, 1.165) is 29.9 Å². The lowest BCUT2D eigenvalue weighted by molar-refractivity contribution is 0.0601. The highest BCUT2D eigenvalue weighted by molar-refractivity contribution is 5.89. The van der Waals surface area contributed by atoms with Gasteiger partial charge in [-0.05, 0) is 41.8 Å². The summed E-state index contributed by atoms with van der Waals surface area (Å²) in [6.45, 7) is 3.00. The van der Waals surface area contributed by atoms with Gasteiger partial charge in [0.15, 0.2) is 0 Å². The fraction of sp³-hybridized carbons (Fsp3) is 0.381. The number of rotatable bonds is 9. The van der Waals surface area contributed by atoms with E-state index in [9.17, 15) is 4.79 Å². The van der Waals surface area contributed by atoms with E-state index in [1.807, 2.05) is 36.4 Å². The third-order valence-electron chi connectivity index (χ3n) is 4.01. The van der Waals surface area contributed by atoms with E-state index in [4.69, 9.17) is 9.47 Å². The molecular formula is C21H26O3. The molecule has 0 amide bonds. The Balaban J connectivity index is 1.86. The van der Waals surface area contributed by atoms with E-state index in [2.05, 4.69) is 6.92 Å². The first-order valence-electron chi connectivity index (χ1n) is 8.66. The zero-order valence-corrected chi connectivity index (χ0v) is 14.6. The monoisotopic (exact) mass is 326 g/mol. The summed E-state index contributed by atoms with van der Waals surface area (Å²) in [4.78, 5) is 11.5. The van der Waals surface area contributed by atoms with Crippen LogP contribution in [0, 0.1) is 0 Å². The highest BCUT2D eigenvalue weighted by Gasteiger charge is 2.05. The average Bonchev–Trinajstić information content (AvgIpc) is 2.64. The molecule has 0 N–H and O–H groups in total. The van der Waals surface area contributed by atoms with E-state index in [-0.39, 0.29) is 5.97 Å². The molecule has 0 saturated heterocycles. The van der Waals surface area contributed by atoms with Crippen LogP contribution in [-0.2, 0) is 4.74 Å². The summed E-state index contributed by atoms with van der Waals surface area (Å²) < 4.78 is 10.5. The van der Waals surface area contributed by atoms with E-state index >= 15 is 0 Å². The molecule has 3 heteroatoms. The highest BCUT2D eigenvalue weighted by atomic mass is 16.5. The van der Waals surface area contributed by atoms with Crippen molar-refractivity contribution in [1.29, 1.82) is 0 Å². The lowest BCUT2D eigenvalue weighted by atomic mass is 10.0. The van der Waals surface area contributed by atoms with Crippen LogP contribution in [0.25, 0.3) is 11.1 Å². The molecule has 128 valence electrons. The van der Waals surface area contributed by atoms with Gasteiger partial charge in [-0.25, -0.2) is 4.79 Å². The number of ether oxygens (including phenoxy) is 2. The molecule has 0 unspecified atom stereocenters. The first-order valence-corrected chi connectivity index (χ1v) is 8.66. The molecular weight excluding hydrogens is 300 g/mol. The van der Waals surface area contributed by atoms with Crippen LogP contribution < -0.4 is 4.74 Å². The number of carbonyl (C=O) groups excluding carboxylic acids is 1. The van der Waals surface area contributed by atoms with Gasteiger partial charge in [0.2, 0.25) is 0 Å². The average molecular weight is 326 g/mol. The van der Waals surface area contributed by atoms with Crippen molar-refractivity contribution in [3.05, 3.63) is 54.1 Å². The van der Waals surface area contributed by atoms with E-state index < -0.39 is 0 Å². The largest absolute Gasteiger partial charge is 0.494 e. The Morgan fingerprint density at radius 1 is 0.833 bits per heavy atom. The Morgan fingerprint density at radius 2 is 1.42 bits per heavy atom. The molecule has 3 nitrogen and oxygen atoms in total. The second-order valence-electron chi connectivity index (χ2n) is 5.86. The fourth-order valence-corrected chi connectivity index (χ4v) is 2.56. The van der Waals surface area contributed by atoms with E-state index in [0.29, 0.717) is 5.56 Å². The third kappa shape index (κ3) is 5.41. The Kier molecular flexibility index (Phi) is 7.34. The molecule has 2 aromatic carbocycles. The summed E-state index contributed by atoms with van der Waals surface area (Å²) in [5.74, 6) is 0.588. The number of carbonyl (C=O) groups is 1. The van der Waals surface area contributed by atoms with Gasteiger partial charge in [-0.3, -0.25) is 0 Å². The maximum atomic E-state index is 11.5. The van der Waals surface area contributed by atoms with Crippen molar-refractivity contribution in [2.45, 2.75) is 39.0 Å². The Bertz CT molecular complexity index is 615. The zero-order valence-electron chi connectivity index (χ0n) is 14.6. The lowest BCUT2D eigenvalue weighted by Gasteiger charge is -2.08. The van der Waals surface area contributed by atoms with E-state index in [1.54, 1.807) is 12.1 Å². The van der Waals surface area contributed by atoms with Gasteiger partial charge in [0.05, 0.1) is 19.3 Å². The maximum Gasteiger partial charge on any atom is 0.337 e. The lowest BCUT2D eigenvalue weighted by Crippen LogP contribution is -2.00. The first kappa shape index (κ1) is 18.1. The molecule has 0 aliphatic carbocycles. The fourth-order valence-electron chi connectivity index (χ4n) is 2.56. The normalized spacial score (nSPS) is 10.4. The predicted octanol–water partition coefficient (Wildman–Crippen LogP) is 5.49. The minimum absolute atomic E-state index is 0.316. The van der Waals surface area contributed by atoms with Crippen molar-refractivity contribution in [3.8, 4) is 16.9 Å². The molecule has 0 bridgehead atoms. The summed E-state index contributed by atoms with van der Waals surface area (Å²) in [5.41, 5.74) is 2.72. The van der Waals surface area contributed by atoms with Gasteiger partial charge in [0.25, 0.3) is 0 Å². The molecule has 24 heavy (non-hydrogen) atoms. The number of benzene rings is 2. The Hall–Kier alpha value is -2.29. The van der Waals surface area contributed by atoms with Crippen molar-refractivity contribution >= 4 is 5.97 Å². The molecule has 0 aromatic heterocycles. The Morgan fingerprint density at radius 3 is 2.00 bits per heavy atom. The SMILES string of the molecule is CCCCCCCOc1ccc(-c2ccc(C(=O)OC)cc2)cc1. The molecule has 0 radical (unpaired) electrons. The molecule has 0 saturated carbocycles. The number of methoxy groups -OCH3 is 1. The van der Waals surface area contributed by atoms with Crippen LogP contribution in [0.1, 0.15) is 49.4 Å². The summed E-state index contributed by atoms with van der Waals surface area (Å²) in [6.07, 6.45) is 6.21. The minimum atomic E-state index is -0.316. The maximum absolute atomic E-state index is 11.5. The van der Waals surface area contributed by atoms with Crippen LogP contribution in [0.5, 0.6) is 5.75 Å². The number of esters is 1. The molecule has 0 aliphatic rings. The second kappa shape index (κ2) is 9.76. The minimum Gasteiger partial charge on any atom is -0.494 e. The van der Waals surface area contributed by atoms with Crippen LogP contribution in [0.3, 0.4) is 0 Å². The molecule has 0 spiro atoms. The van der Waals surface area contributed by atoms with Crippen LogP contribution in [-0.4, -0.2) is 19.7 Å². The molecule has 0 fully saturated rings. The van der Waals surface area contributed by atoms with Crippen molar-refractivity contribution in [3.63, 3.8) is 0 Å². The van der Waals surface area contributed by atoms with Crippen molar-refractivity contribution in [1.82, 2.24) is 0 Å². The summed E-state index contributed by atoms with van der Waals surface area (Å²) >= 11 is 0. The number of hydrogen-bond acceptors (Lipinski definition) is 3. The third-order valence-corrected chi connectivity index (χ3v) is 4.01. The van der Waals surface area contributed by atoms with Gasteiger partial charge < -0.3 is 9.47 Å². The van der Waals surface area contributed by atoms with Gasteiger partial charge >= 0.3 is 5.97 Å². The quantitative estimate of drug-likeness (QED) is 0.451. The van der Waals surface area contributed by atoms with Crippen LogP contribution >= 0.6 is 0 Å². The Labute approximate surface area is 144 Å². The predicted molar refractivity (Wildman–Crippen MR) is 97.5 cm³/mol. The second-order valence-corrected chi connectivity index (χ2v) is 5.86. The van der Waals surface area contributed by atoms with Gasteiger partial charge in [-0.2, -0.15) is 0 Å².